The smallest absolute Gasteiger partial charge is 0.161 e. The van der Waals surface area contributed by atoms with E-state index in [-0.39, 0.29) is 23.2 Å². The molecule has 5 heteroatoms. The Bertz CT molecular complexity index is 314. The van der Waals surface area contributed by atoms with E-state index in [2.05, 4.69) is 9.98 Å². The summed E-state index contributed by atoms with van der Waals surface area (Å²) in [6, 6.07) is 0.176. The molecule has 0 aromatic rings. The molecule has 2 aliphatic rings. The molecule has 0 aromatic heterocycles. The van der Waals surface area contributed by atoms with Crippen molar-refractivity contribution in [2.75, 3.05) is 0 Å². The quantitative estimate of drug-likeness (QED) is 0.638. The van der Waals surface area contributed by atoms with E-state index in [0.29, 0.717) is 5.17 Å². The number of hydrogen-bond donors (Lipinski definition) is 0. The fourth-order valence-corrected chi connectivity index (χ4v) is 2.32. The van der Waals surface area contributed by atoms with Gasteiger partial charge in [-0.15, -0.1) is 0 Å². The minimum atomic E-state index is 0.0500. The highest BCUT2D eigenvalue weighted by atomic mass is 35.5. The number of hydrogen-bond acceptors (Lipinski definition) is 3. The monoisotopic (exact) mass is 232 g/mol. The van der Waals surface area contributed by atoms with Gasteiger partial charge in [0.1, 0.15) is 6.29 Å². The van der Waals surface area contributed by atoms with Gasteiger partial charge < -0.3 is 4.79 Å². The van der Waals surface area contributed by atoms with E-state index >= 15 is 0 Å². The first-order valence-corrected chi connectivity index (χ1v) is 5.38. The van der Waals surface area contributed by atoms with Gasteiger partial charge in [0.15, 0.2) is 10.3 Å². The Morgan fingerprint density at radius 2 is 1.79 bits per heavy atom. The fourth-order valence-electron chi connectivity index (χ4n) is 1.97. The maximum Gasteiger partial charge on any atom is 0.161 e. The van der Waals surface area contributed by atoms with Gasteiger partial charge in [-0.25, -0.2) is 0 Å². The van der Waals surface area contributed by atoms with Crippen LogP contribution in [-0.2, 0) is 4.79 Å². The van der Waals surface area contributed by atoms with Gasteiger partial charge in [0.2, 0.25) is 0 Å². The first kappa shape index (κ1) is 10.1. The molecular weight excluding hydrogens is 223 g/mol. The number of fused-ring (bicyclic) bond motifs is 1. The second-order valence-electron chi connectivity index (χ2n) is 3.68. The lowest BCUT2D eigenvalue weighted by atomic mass is 9.83. The molecule has 14 heavy (non-hydrogen) atoms. The number of rotatable bonds is 1. The summed E-state index contributed by atoms with van der Waals surface area (Å²) < 4.78 is 0. The lowest BCUT2D eigenvalue weighted by molar-refractivity contribution is -0.112. The zero-order chi connectivity index (χ0) is 10.1. The molecule has 0 N–H and O–H groups in total. The Morgan fingerprint density at radius 1 is 1.14 bits per heavy atom. The number of nitrogens with zero attached hydrogens (tertiary/aromatic N) is 2. The van der Waals surface area contributed by atoms with E-state index in [1.165, 1.54) is 0 Å². The van der Waals surface area contributed by atoms with Gasteiger partial charge in [0, 0.05) is 5.92 Å². The number of halogens is 2. The summed E-state index contributed by atoms with van der Waals surface area (Å²) in [5, 5.41) is 0.580. The van der Waals surface area contributed by atoms with E-state index in [1.54, 1.807) is 0 Å². The highest BCUT2D eigenvalue weighted by Gasteiger charge is 2.33. The van der Waals surface area contributed by atoms with Gasteiger partial charge in [-0.3, -0.25) is 9.98 Å². The maximum absolute atomic E-state index is 10.6. The number of aldehydes is 1. The SMILES string of the molecule is O=CC1CCC2N=C(Cl)C(Cl)=NC2C1. The van der Waals surface area contributed by atoms with Gasteiger partial charge in [0.25, 0.3) is 0 Å². The minimum Gasteiger partial charge on any atom is -0.303 e. The van der Waals surface area contributed by atoms with Crippen molar-refractivity contribution in [2.45, 2.75) is 31.3 Å². The van der Waals surface area contributed by atoms with Crippen LogP contribution in [0.3, 0.4) is 0 Å². The van der Waals surface area contributed by atoms with E-state index in [1.807, 2.05) is 0 Å². The van der Waals surface area contributed by atoms with Gasteiger partial charge in [-0.1, -0.05) is 23.2 Å². The highest BCUT2D eigenvalue weighted by molar-refractivity contribution is 7.00. The van der Waals surface area contributed by atoms with Gasteiger partial charge in [0.05, 0.1) is 12.1 Å². The molecule has 1 fully saturated rings. The molecule has 3 unspecified atom stereocenters. The average molecular weight is 233 g/mol. The largest absolute Gasteiger partial charge is 0.303 e. The summed E-state index contributed by atoms with van der Waals surface area (Å²) >= 11 is 11.6. The molecule has 0 aromatic carbocycles. The van der Waals surface area contributed by atoms with Gasteiger partial charge in [-0.05, 0) is 19.3 Å². The lowest BCUT2D eigenvalue weighted by Gasteiger charge is -2.31. The minimum absolute atomic E-state index is 0.0500. The molecule has 0 radical (unpaired) electrons. The van der Waals surface area contributed by atoms with Crippen molar-refractivity contribution in [3.63, 3.8) is 0 Å². The lowest BCUT2D eigenvalue weighted by Crippen LogP contribution is -2.36. The Morgan fingerprint density at radius 3 is 2.43 bits per heavy atom. The average Bonchev–Trinajstić information content (AvgIpc) is 2.19. The zero-order valence-corrected chi connectivity index (χ0v) is 9.00. The molecule has 0 amide bonds. The predicted octanol–water partition coefficient (Wildman–Crippen LogP) is 2.01. The summed E-state index contributed by atoms with van der Waals surface area (Å²) in [4.78, 5) is 19.1. The normalized spacial score (nSPS) is 36.9. The van der Waals surface area contributed by atoms with E-state index in [4.69, 9.17) is 23.2 Å². The molecule has 2 rings (SSSR count). The molecule has 76 valence electrons. The van der Waals surface area contributed by atoms with Crippen molar-refractivity contribution in [2.24, 2.45) is 15.9 Å². The summed E-state index contributed by atoms with van der Waals surface area (Å²) in [5.41, 5.74) is 0. The van der Waals surface area contributed by atoms with Gasteiger partial charge >= 0.3 is 0 Å². The molecular formula is C9H10Cl2N2O. The van der Waals surface area contributed by atoms with Crippen molar-refractivity contribution in [3.05, 3.63) is 0 Å². The topological polar surface area (TPSA) is 41.8 Å². The Balaban J connectivity index is 2.14. The molecule has 0 bridgehead atoms. The first-order chi connectivity index (χ1) is 6.70. The van der Waals surface area contributed by atoms with E-state index < -0.39 is 0 Å². The number of carbonyl (C=O) groups excluding carboxylic acids is 1. The van der Waals surface area contributed by atoms with Crippen LogP contribution in [0.1, 0.15) is 19.3 Å². The summed E-state index contributed by atoms with van der Waals surface area (Å²) in [6.07, 6.45) is 3.50. The Hall–Kier alpha value is -0.410. The zero-order valence-electron chi connectivity index (χ0n) is 7.49. The third-order valence-corrected chi connectivity index (χ3v) is 3.39. The number of carbonyl (C=O) groups is 1. The van der Waals surface area contributed by atoms with Crippen LogP contribution in [0, 0.1) is 5.92 Å². The molecule has 1 saturated carbocycles. The second kappa shape index (κ2) is 3.99. The summed E-state index contributed by atoms with van der Waals surface area (Å²) in [5.74, 6) is 0.108. The van der Waals surface area contributed by atoms with Crippen LogP contribution in [0.2, 0.25) is 0 Å². The molecule has 1 heterocycles. The van der Waals surface area contributed by atoms with Crippen LogP contribution in [0.15, 0.2) is 9.98 Å². The summed E-state index contributed by atoms with van der Waals surface area (Å²) in [6.45, 7) is 0. The van der Waals surface area contributed by atoms with Crippen molar-refractivity contribution in [1.82, 2.24) is 0 Å². The summed E-state index contributed by atoms with van der Waals surface area (Å²) in [7, 11) is 0. The van der Waals surface area contributed by atoms with Crippen LogP contribution in [0.5, 0.6) is 0 Å². The van der Waals surface area contributed by atoms with E-state index in [9.17, 15) is 4.79 Å². The van der Waals surface area contributed by atoms with Gasteiger partial charge in [-0.2, -0.15) is 0 Å². The molecule has 3 nitrogen and oxygen atoms in total. The number of aliphatic imine (C=N–C) groups is 2. The highest BCUT2D eigenvalue weighted by Crippen LogP contribution is 2.30. The van der Waals surface area contributed by atoms with Crippen LogP contribution in [-0.4, -0.2) is 28.7 Å². The Labute approximate surface area is 92.2 Å². The van der Waals surface area contributed by atoms with Crippen molar-refractivity contribution >= 4 is 39.8 Å². The third-order valence-electron chi connectivity index (χ3n) is 2.74. The first-order valence-electron chi connectivity index (χ1n) is 4.63. The Kier molecular flexibility index (Phi) is 2.88. The molecule has 0 saturated heterocycles. The molecule has 0 spiro atoms. The molecule has 1 aliphatic heterocycles. The third kappa shape index (κ3) is 1.84. The van der Waals surface area contributed by atoms with Crippen molar-refractivity contribution in [3.8, 4) is 0 Å². The molecule has 3 atom stereocenters. The van der Waals surface area contributed by atoms with E-state index in [0.717, 1.165) is 25.5 Å². The van der Waals surface area contributed by atoms with Crippen LogP contribution in [0.25, 0.3) is 0 Å². The standard InChI is InChI=1S/C9H10Cl2N2O/c10-8-9(11)13-7-3-5(4-14)1-2-6(7)12-8/h4-7H,1-3H2. The maximum atomic E-state index is 10.6. The van der Waals surface area contributed by atoms with Crippen molar-refractivity contribution in [1.29, 1.82) is 0 Å². The fraction of sp³-hybridized carbons (Fsp3) is 0.667. The van der Waals surface area contributed by atoms with Crippen LogP contribution < -0.4 is 0 Å². The molecule has 1 aliphatic carbocycles. The predicted molar refractivity (Wildman–Crippen MR) is 57.6 cm³/mol. The second-order valence-corrected chi connectivity index (χ2v) is 4.40. The van der Waals surface area contributed by atoms with Crippen molar-refractivity contribution < 1.29 is 4.79 Å². The van der Waals surface area contributed by atoms with Crippen LogP contribution in [0.4, 0.5) is 0 Å². The van der Waals surface area contributed by atoms with Crippen LogP contribution >= 0.6 is 23.2 Å².